The highest BCUT2D eigenvalue weighted by Crippen LogP contribution is 2.36. The van der Waals surface area contributed by atoms with Gasteiger partial charge in [-0.25, -0.2) is 9.97 Å². The van der Waals surface area contributed by atoms with Crippen molar-refractivity contribution in [1.29, 1.82) is 0 Å². The van der Waals surface area contributed by atoms with Gasteiger partial charge in [-0.1, -0.05) is 11.6 Å². The Morgan fingerprint density at radius 3 is 2.28 bits per heavy atom. The number of aromatic nitrogens is 2. The molecule has 0 aromatic carbocycles. The van der Waals surface area contributed by atoms with Crippen LogP contribution in [0.4, 0.5) is 0 Å². The molecule has 1 aromatic rings. The highest BCUT2D eigenvalue weighted by Gasteiger charge is 2.52. The molecule has 98 valence electrons. The molecule has 0 radical (unpaired) electrons. The molecule has 0 saturated carbocycles. The molecule has 0 N–H and O–H groups in total. The third-order valence-electron chi connectivity index (χ3n) is 3.41. The summed E-state index contributed by atoms with van der Waals surface area (Å²) < 4.78 is 16.8. The Hall–Kier alpha value is -0.845. The van der Waals surface area contributed by atoms with Gasteiger partial charge in [-0.3, -0.25) is 0 Å². The third-order valence-corrected chi connectivity index (χ3v) is 3.66. The third kappa shape index (κ3) is 2.20. The molecule has 1 aliphatic heterocycles. The Labute approximate surface area is 112 Å². The van der Waals surface area contributed by atoms with Gasteiger partial charge < -0.3 is 14.0 Å². The second kappa shape index (κ2) is 4.37. The minimum Gasteiger partial charge on any atom is -0.479 e. The van der Waals surface area contributed by atoms with E-state index in [1.165, 1.54) is 13.3 Å². The van der Waals surface area contributed by atoms with Crippen molar-refractivity contribution in [3.63, 3.8) is 0 Å². The van der Waals surface area contributed by atoms with Gasteiger partial charge in [0, 0.05) is 6.20 Å². The molecule has 0 amide bonds. The van der Waals surface area contributed by atoms with Crippen LogP contribution in [0.2, 0.25) is 5.15 Å². The molecule has 1 fully saturated rings. The monoisotopic (exact) mass is 270 g/mol. The number of hydrogen-bond acceptors (Lipinski definition) is 5. The van der Waals surface area contributed by atoms with Gasteiger partial charge in [0.1, 0.15) is 0 Å². The van der Waals surface area contributed by atoms with Crippen molar-refractivity contribution in [2.24, 2.45) is 0 Å². The van der Waals surface area contributed by atoms with Crippen molar-refractivity contribution in [2.45, 2.75) is 38.9 Å². The SMILES string of the molecule is COc1nc(B2OC(C)(C)C(C)(C)O2)cnc1Cl. The summed E-state index contributed by atoms with van der Waals surface area (Å²) in [6.07, 6.45) is 1.53. The van der Waals surface area contributed by atoms with Crippen molar-refractivity contribution >= 4 is 24.3 Å². The average Bonchev–Trinajstić information content (AvgIpc) is 2.49. The molecule has 0 aliphatic carbocycles. The first-order valence-corrected chi connectivity index (χ1v) is 6.07. The smallest absolute Gasteiger partial charge is 0.479 e. The number of methoxy groups -OCH3 is 1. The quantitative estimate of drug-likeness (QED) is 0.761. The van der Waals surface area contributed by atoms with Gasteiger partial charge in [0.15, 0.2) is 5.15 Å². The van der Waals surface area contributed by atoms with Gasteiger partial charge in [0.05, 0.1) is 23.9 Å². The van der Waals surface area contributed by atoms with Crippen LogP contribution in [-0.2, 0) is 9.31 Å². The lowest BCUT2D eigenvalue weighted by Gasteiger charge is -2.32. The van der Waals surface area contributed by atoms with Crippen molar-refractivity contribution < 1.29 is 14.0 Å². The van der Waals surface area contributed by atoms with Crippen molar-refractivity contribution in [2.75, 3.05) is 7.11 Å². The highest BCUT2D eigenvalue weighted by molar-refractivity contribution is 6.61. The molecule has 5 nitrogen and oxygen atoms in total. The Kier molecular flexibility index (Phi) is 3.29. The van der Waals surface area contributed by atoms with Gasteiger partial charge >= 0.3 is 7.12 Å². The lowest BCUT2D eigenvalue weighted by atomic mass is 9.85. The lowest BCUT2D eigenvalue weighted by molar-refractivity contribution is 0.00578. The van der Waals surface area contributed by atoms with Crippen LogP contribution >= 0.6 is 11.6 Å². The molecule has 0 spiro atoms. The summed E-state index contributed by atoms with van der Waals surface area (Å²) in [5.41, 5.74) is -0.270. The van der Waals surface area contributed by atoms with Crippen LogP contribution in [0.25, 0.3) is 0 Å². The van der Waals surface area contributed by atoms with Crippen LogP contribution in [0.15, 0.2) is 6.20 Å². The fourth-order valence-corrected chi connectivity index (χ4v) is 1.75. The molecule has 0 atom stereocenters. The predicted molar refractivity (Wildman–Crippen MR) is 69.3 cm³/mol. The highest BCUT2D eigenvalue weighted by atomic mass is 35.5. The molecule has 0 bridgehead atoms. The van der Waals surface area contributed by atoms with E-state index >= 15 is 0 Å². The fraction of sp³-hybridized carbons (Fsp3) is 0.636. The zero-order valence-electron chi connectivity index (χ0n) is 11.2. The number of halogens is 1. The molecule has 1 aliphatic rings. The van der Waals surface area contributed by atoms with E-state index in [9.17, 15) is 0 Å². The Bertz CT molecular complexity index is 452. The van der Waals surface area contributed by atoms with E-state index in [1.807, 2.05) is 27.7 Å². The van der Waals surface area contributed by atoms with Crippen molar-refractivity contribution in [3.05, 3.63) is 11.3 Å². The van der Waals surface area contributed by atoms with E-state index in [-0.39, 0.29) is 11.0 Å². The summed E-state index contributed by atoms with van der Waals surface area (Å²) in [5.74, 6) is 0.267. The van der Waals surface area contributed by atoms with E-state index < -0.39 is 18.3 Å². The maximum absolute atomic E-state index is 5.87. The summed E-state index contributed by atoms with van der Waals surface area (Å²) in [6, 6.07) is 0. The number of ether oxygens (including phenoxy) is 1. The Morgan fingerprint density at radius 1 is 1.22 bits per heavy atom. The van der Waals surface area contributed by atoms with Gasteiger partial charge in [0.2, 0.25) is 0 Å². The van der Waals surface area contributed by atoms with Crippen LogP contribution < -0.4 is 10.3 Å². The average molecular weight is 271 g/mol. The maximum atomic E-state index is 5.87. The first-order valence-electron chi connectivity index (χ1n) is 5.69. The largest absolute Gasteiger partial charge is 0.516 e. The summed E-state index contributed by atoms with van der Waals surface area (Å²) in [6.45, 7) is 7.92. The molecular formula is C11H16BClN2O3. The predicted octanol–water partition coefficient (Wildman–Crippen LogP) is 1.44. The molecule has 2 rings (SSSR count). The molecule has 18 heavy (non-hydrogen) atoms. The summed E-state index contributed by atoms with van der Waals surface area (Å²) in [7, 11) is 0.929. The van der Waals surface area contributed by atoms with Crippen molar-refractivity contribution in [3.8, 4) is 5.88 Å². The Balaban J connectivity index is 2.30. The second-order valence-electron chi connectivity index (χ2n) is 5.18. The molecule has 2 heterocycles. The standard InChI is InChI=1S/C11H16BClN2O3/c1-10(2)11(3,4)18-12(17-10)7-6-14-8(13)9(15-7)16-5/h6H,1-5H3. The molecule has 1 saturated heterocycles. The first-order chi connectivity index (χ1) is 8.27. The van der Waals surface area contributed by atoms with Gasteiger partial charge in [0.25, 0.3) is 5.88 Å². The van der Waals surface area contributed by atoms with Gasteiger partial charge in [-0.05, 0) is 27.7 Å². The summed E-state index contributed by atoms with van der Waals surface area (Å²) >= 11 is 5.83. The van der Waals surface area contributed by atoms with E-state index in [4.69, 9.17) is 25.6 Å². The van der Waals surface area contributed by atoms with E-state index in [2.05, 4.69) is 9.97 Å². The van der Waals surface area contributed by atoms with E-state index in [0.717, 1.165) is 0 Å². The van der Waals surface area contributed by atoms with Gasteiger partial charge in [-0.15, -0.1) is 0 Å². The van der Waals surface area contributed by atoms with Gasteiger partial charge in [-0.2, -0.15) is 0 Å². The number of hydrogen-bond donors (Lipinski definition) is 0. The molecular weight excluding hydrogens is 254 g/mol. The minimum atomic E-state index is -0.561. The van der Waals surface area contributed by atoms with Crippen LogP contribution in [0.5, 0.6) is 5.88 Å². The second-order valence-corrected chi connectivity index (χ2v) is 5.54. The molecule has 1 aromatic heterocycles. The van der Waals surface area contributed by atoms with Crippen LogP contribution in [0.1, 0.15) is 27.7 Å². The zero-order chi connectivity index (χ0) is 13.6. The van der Waals surface area contributed by atoms with E-state index in [0.29, 0.717) is 5.59 Å². The fourth-order valence-electron chi connectivity index (χ4n) is 1.58. The molecule has 0 unspecified atom stereocenters. The number of nitrogens with zero attached hydrogens (tertiary/aromatic N) is 2. The van der Waals surface area contributed by atoms with Crippen LogP contribution in [0.3, 0.4) is 0 Å². The first kappa shape index (κ1) is 13.6. The topological polar surface area (TPSA) is 53.5 Å². The van der Waals surface area contributed by atoms with Crippen LogP contribution in [0, 0.1) is 0 Å². The van der Waals surface area contributed by atoms with Crippen LogP contribution in [-0.4, -0.2) is 35.4 Å². The molecule has 7 heteroatoms. The lowest BCUT2D eigenvalue weighted by Crippen LogP contribution is -2.41. The van der Waals surface area contributed by atoms with E-state index in [1.54, 1.807) is 0 Å². The Morgan fingerprint density at radius 2 is 1.78 bits per heavy atom. The normalized spacial score (nSPS) is 21.1. The number of rotatable bonds is 2. The summed E-state index contributed by atoms with van der Waals surface area (Å²) in [4.78, 5) is 8.25. The van der Waals surface area contributed by atoms with Crippen molar-refractivity contribution in [1.82, 2.24) is 9.97 Å². The summed E-state index contributed by atoms with van der Waals surface area (Å²) in [5, 5.41) is 0.220. The zero-order valence-corrected chi connectivity index (χ0v) is 11.9. The minimum absolute atomic E-state index is 0.220. The maximum Gasteiger partial charge on any atom is 0.516 e.